The predicted molar refractivity (Wildman–Crippen MR) is 74.5 cm³/mol. The highest BCUT2D eigenvalue weighted by molar-refractivity contribution is 9.10. The third-order valence-corrected chi connectivity index (χ3v) is 4.85. The first-order valence-corrected chi connectivity index (χ1v) is 7.62. The second-order valence-electron chi connectivity index (χ2n) is 3.69. The highest BCUT2D eigenvalue weighted by atomic mass is 79.9. The van der Waals surface area contributed by atoms with Gasteiger partial charge in [-0.15, -0.1) is 11.3 Å². The van der Waals surface area contributed by atoms with Crippen molar-refractivity contribution in [3.05, 3.63) is 44.6 Å². The van der Waals surface area contributed by atoms with Crippen molar-refractivity contribution < 1.29 is 23.1 Å². The van der Waals surface area contributed by atoms with E-state index >= 15 is 0 Å². The van der Waals surface area contributed by atoms with Crippen LogP contribution in [0.15, 0.2) is 43.9 Å². The molecule has 0 aliphatic heterocycles. The van der Waals surface area contributed by atoms with Gasteiger partial charge in [0.05, 0.1) is 5.56 Å². The lowest BCUT2D eigenvalue weighted by Gasteiger charge is -2.12. The summed E-state index contributed by atoms with van der Waals surface area (Å²) in [7, 11) is 0. The molecule has 2 aromatic rings. The molecular weight excluding hydrogens is 377 g/mol. The fourth-order valence-electron chi connectivity index (χ4n) is 1.43. The number of aromatic carboxylic acids is 1. The van der Waals surface area contributed by atoms with Crippen LogP contribution < -0.4 is 0 Å². The van der Waals surface area contributed by atoms with Crippen LogP contribution in [0.1, 0.15) is 15.2 Å². The molecule has 0 atom stereocenters. The van der Waals surface area contributed by atoms with Crippen molar-refractivity contribution in [3.8, 4) is 0 Å². The standard InChI is InChI=1S/C12H6BrF3O2S2/c13-6-1-2-8(12(14,15)16)9(3-6)20-7-4-10(11(17)18)19-5-7/h1-5H,(H,17,18). The normalized spacial score (nSPS) is 11.6. The average Bonchev–Trinajstić information content (AvgIpc) is 2.76. The molecule has 20 heavy (non-hydrogen) atoms. The Kier molecular flexibility index (Phi) is 4.46. The van der Waals surface area contributed by atoms with E-state index in [1.165, 1.54) is 23.6 Å². The lowest BCUT2D eigenvalue weighted by atomic mass is 10.2. The van der Waals surface area contributed by atoms with Crippen LogP contribution in [0.3, 0.4) is 0 Å². The quantitative estimate of drug-likeness (QED) is 0.774. The van der Waals surface area contributed by atoms with Crippen LogP contribution in [0.5, 0.6) is 0 Å². The van der Waals surface area contributed by atoms with Gasteiger partial charge >= 0.3 is 12.1 Å². The summed E-state index contributed by atoms with van der Waals surface area (Å²) in [5.41, 5.74) is -0.742. The molecule has 0 saturated heterocycles. The van der Waals surface area contributed by atoms with Gasteiger partial charge in [-0.25, -0.2) is 4.79 Å². The van der Waals surface area contributed by atoms with Gasteiger partial charge in [-0.2, -0.15) is 13.2 Å². The summed E-state index contributed by atoms with van der Waals surface area (Å²) in [5.74, 6) is -1.09. The predicted octanol–water partition coefficient (Wildman–Crippen LogP) is 5.38. The summed E-state index contributed by atoms with van der Waals surface area (Å²) in [6, 6.07) is 5.05. The maximum Gasteiger partial charge on any atom is 0.417 e. The van der Waals surface area contributed by atoms with Gasteiger partial charge in [-0.05, 0) is 24.3 Å². The number of benzene rings is 1. The van der Waals surface area contributed by atoms with Crippen LogP contribution in [0.25, 0.3) is 0 Å². The minimum absolute atomic E-state index is 0.0293. The van der Waals surface area contributed by atoms with Crippen LogP contribution in [-0.2, 0) is 6.18 Å². The van der Waals surface area contributed by atoms with E-state index < -0.39 is 17.7 Å². The number of carbonyl (C=O) groups is 1. The van der Waals surface area contributed by atoms with Gasteiger partial charge in [0.25, 0.3) is 0 Å². The van der Waals surface area contributed by atoms with Crippen molar-refractivity contribution in [2.75, 3.05) is 0 Å². The molecule has 0 amide bonds. The van der Waals surface area contributed by atoms with E-state index in [4.69, 9.17) is 5.11 Å². The topological polar surface area (TPSA) is 37.3 Å². The largest absolute Gasteiger partial charge is 0.477 e. The third kappa shape index (κ3) is 3.56. The van der Waals surface area contributed by atoms with E-state index in [1.54, 1.807) is 0 Å². The minimum atomic E-state index is -4.45. The number of halogens is 4. The summed E-state index contributed by atoms with van der Waals surface area (Å²) in [6.07, 6.45) is -4.45. The summed E-state index contributed by atoms with van der Waals surface area (Å²) < 4.78 is 39.2. The third-order valence-electron chi connectivity index (χ3n) is 2.26. The van der Waals surface area contributed by atoms with Crippen LogP contribution in [0, 0.1) is 0 Å². The van der Waals surface area contributed by atoms with Crippen LogP contribution in [-0.4, -0.2) is 11.1 Å². The molecule has 0 spiro atoms. The monoisotopic (exact) mass is 382 g/mol. The molecule has 2 nitrogen and oxygen atoms in total. The maximum absolute atomic E-state index is 12.9. The zero-order valence-corrected chi connectivity index (χ0v) is 12.8. The Bertz CT molecular complexity index is 652. The number of hydrogen-bond acceptors (Lipinski definition) is 3. The summed E-state index contributed by atoms with van der Waals surface area (Å²) >= 11 is 5.00. The first kappa shape index (κ1) is 15.4. The number of rotatable bonds is 3. The summed E-state index contributed by atoms with van der Waals surface area (Å²) in [5, 5.41) is 10.3. The number of carboxylic acid groups (broad SMARTS) is 1. The molecule has 1 aromatic carbocycles. The van der Waals surface area contributed by atoms with Gasteiger partial charge in [0, 0.05) is 19.6 Å². The highest BCUT2D eigenvalue weighted by Gasteiger charge is 2.33. The van der Waals surface area contributed by atoms with Crippen molar-refractivity contribution in [1.82, 2.24) is 0 Å². The van der Waals surface area contributed by atoms with Crippen LogP contribution in [0.4, 0.5) is 13.2 Å². The second kappa shape index (κ2) is 5.79. The van der Waals surface area contributed by atoms with E-state index in [0.29, 0.717) is 9.37 Å². The van der Waals surface area contributed by atoms with Crippen molar-refractivity contribution in [2.45, 2.75) is 16.0 Å². The molecule has 1 N–H and O–H groups in total. The molecule has 0 radical (unpaired) electrons. The number of hydrogen-bond donors (Lipinski definition) is 1. The molecule has 0 aliphatic rings. The van der Waals surface area contributed by atoms with Crippen molar-refractivity contribution in [2.24, 2.45) is 0 Å². The lowest BCUT2D eigenvalue weighted by molar-refractivity contribution is -0.139. The Balaban J connectivity index is 2.36. The lowest BCUT2D eigenvalue weighted by Crippen LogP contribution is -2.06. The Morgan fingerprint density at radius 3 is 2.55 bits per heavy atom. The Morgan fingerprint density at radius 1 is 1.30 bits per heavy atom. The van der Waals surface area contributed by atoms with E-state index in [9.17, 15) is 18.0 Å². The van der Waals surface area contributed by atoms with Crippen molar-refractivity contribution >= 4 is 45.0 Å². The average molecular weight is 383 g/mol. The van der Waals surface area contributed by atoms with Gasteiger partial charge in [0.1, 0.15) is 4.88 Å². The van der Waals surface area contributed by atoms with Crippen LogP contribution in [0.2, 0.25) is 0 Å². The minimum Gasteiger partial charge on any atom is -0.477 e. The molecule has 0 fully saturated rings. The van der Waals surface area contributed by atoms with Gasteiger partial charge < -0.3 is 5.11 Å². The first-order chi connectivity index (χ1) is 9.27. The molecule has 106 valence electrons. The molecule has 0 unspecified atom stereocenters. The molecule has 0 bridgehead atoms. The van der Waals surface area contributed by atoms with Gasteiger partial charge in [0.2, 0.25) is 0 Å². The van der Waals surface area contributed by atoms with Gasteiger partial charge in [0.15, 0.2) is 0 Å². The number of carboxylic acids is 1. The van der Waals surface area contributed by atoms with Gasteiger partial charge in [-0.3, -0.25) is 0 Å². The summed E-state index contributed by atoms with van der Waals surface area (Å²) in [4.78, 5) is 11.4. The molecule has 1 heterocycles. The molecule has 0 aliphatic carbocycles. The summed E-state index contributed by atoms with van der Waals surface area (Å²) in [6.45, 7) is 0. The molecule has 1 aromatic heterocycles. The molecule has 2 rings (SSSR count). The zero-order valence-electron chi connectivity index (χ0n) is 9.57. The van der Waals surface area contributed by atoms with E-state index in [0.717, 1.165) is 29.2 Å². The van der Waals surface area contributed by atoms with Gasteiger partial charge in [-0.1, -0.05) is 27.7 Å². The Labute approximate surface area is 128 Å². The van der Waals surface area contributed by atoms with Crippen molar-refractivity contribution in [3.63, 3.8) is 0 Å². The van der Waals surface area contributed by atoms with E-state index in [-0.39, 0.29) is 9.77 Å². The maximum atomic E-state index is 12.9. The molecule has 8 heteroatoms. The fraction of sp³-hybridized carbons (Fsp3) is 0.0833. The zero-order chi connectivity index (χ0) is 14.9. The van der Waals surface area contributed by atoms with E-state index in [2.05, 4.69) is 15.9 Å². The SMILES string of the molecule is O=C(O)c1cc(Sc2cc(Br)ccc2C(F)(F)F)cs1. The van der Waals surface area contributed by atoms with Crippen molar-refractivity contribution in [1.29, 1.82) is 0 Å². The molecule has 0 saturated carbocycles. The fourth-order valence-corrected chi connectivity index (χ4v) is 3.87. The Morgan fingerprint density at radius 2 is 2.00 bits per heavy atom. The van der Waals surface area contributed by atoms with E-state index in [1.807, 2.05) is 0 Å². The molecular formula is C12H6BrF3O2S2. The van der Waals surface area contributed by atoms with Crippen LogP contribution >= 0.6 is 39.0 Å². The number of thiophene rings is 1. The number of alkyl halides is 3. The highest BCUT2D eigenvalue weighted by Crippen LogP contribution is 2.41. The Hall–Kier alpha value is -0.990. The second-order valence-corrected chi connectivity index (χ2v) is 6.63. The smallest absolute Gasteiger partial charge is 0.417 e. The first-order valence-electron chi connectivity index (χ1n) is 5.14.